The molecule has 8 rings (SSSR count). The van der Waals surface area contributed by atoms with Crippen LogP contribution in [0.25, 0.3) is 0 Å². The molecule has 68 heavy (non-hydrogen) atoms. The van der Waals surface area contributed by atoms with Crippen LogP contribution in [-0.2, 0) is 38.5 Å². The molecular weight excluding hydrogens is 915 g/mol. The van der Waals surface area contributed by atoms with Crippen LogP contribution in [0.15, 0.2) is 0 Å². The number of carbonyl (C=O) groups is 4. The zero-order valence-electron chi connectivity index (χ0n) is 41.2. The molecule has 16 atom stereocenters. The molecule has 6 saturated carbocycles. The summed E-state index contributed by atoms with van der Waals surface area (Å²) in [6.07, 6.45) is -6.87. The molecule has 6 aliphatic carbocycles. The first-order valence-electron chi connectivity index (χ1n) is 26.0. The third-order valence-electron chi connectivity index (χ3n) is 19.6. The van der Waals surface area contributed by atoms with Crippen molar-refractivity contribution in [1.29, 1.82) is 0 Å². The molecule has 0 spiro atoms. The molecule has 2 aliphatic heterocycles. The van der Waals surface area contributed by atoms with E-state index in [1.807, 2.05) is 20.8 Å². The largest absolute Gasteiger partial charge is 0.394 e. The summed E-state index contributed by atoms with van der Waals surface area (Å²) in [4.78, 5) is 55.4. The fraction of sp³-hybridized carbons (Fsp3) is 0.922. The van der Waals surface area contributed by atoms with Gasteiger partial charge in [-0.15, -0.1) is 0 Å². The summed E-state index contributed by atoms with van der Waals surface area (Å²) in [7, 11) is -2.46. The lowest BCUT2D eigenvalue weighted by Gasteiger charge is -2.53. The molecule has 0 aromatic carbocycles. The highest BCUT2D eigenvalue weighted by atomic mass is 32.2. The summed E-state index contributed by atoms with van der Waals surface area (Å²) < 4.78 is 129. The number of halogens is 6. The van der Waals surface area contributed by atoms with Gasteiger partial charge in [0.05, 0.1) is 70.4 Å². The fourth-order valence-electron chi connectivity index (χ4n) is 15.6. The first-order valence-corrected chi connectivity index (χ1v) is 27.6. The summed E-state index contributed by atoms with van der Waals surface area (Å²) in [6.45, 7) is 14.7. The van der Waals surface area contributed by atoms with E-state index in [-0.39, 0.29) is 123 Å². The Morgan fingerprint density at radius 3 is 1.37 bits per heavy atom. The Labute approximate surface area is 399 Å². The van der Waals surface area contributed by atoms with Crippen LogP contribution < -0.4 is 0 Å². The number of alkyl halides is 6. The van der Waals surface area contributed by atoms with Crippen LogP contribution in [0, 0.1) is 82.3 Å². The normalized spacial score (nSPS) is 44.6. The summed E-state index contributed by atoms with van der Waals surface area (Å²) in [5.74, 6) is -7.54. The van der Waals surface area contributed by atoms with Crippen LogP contribution >= 0.6 is 0 Å². The molecule has 0 aromatic heterocycles. The average Bonchev–Trinajstić information content (AvgIpc) is 3.64. The number of amides is 4. The first-order chi connectivity index (χ1) is 31.6. The molecule has 10 nitrogen and oxygen atoms in total. The van der Waals surface area contributed by atoms with E-state index < -0.39 is 111 Å². The molecule has 2 heterocycles. The van der Waals surface area contributed by atoms with Gasteiger partial charge < -0.3 is 9.47 Å². The van der Waals surface area contributed by atoms with Gasteiger partial charge in [0.2, 0.25) is 23.6 Å². The van der Waals surface area contributed by atoms with E-state index in [4.69, 9.17) is 9.47 Å². The van der Waals surface area contributed by atoms with Gasteiger partial charge in [0.15, 0.2) is 9.84 Å². The molecule has 0 bridgehead atoms. The number of likely N-dealkylation sites (tertiary alicyclic amines) is 2. The van der Waals surface area contributed by atoms with Crippen molar-refractivity contribution < 1.29 is 63.4 Å². The molecule has 17 heteroatoms. The number of imide groups is 2. The van der Waals surface area contributed by atoms with Gasteiger partial charge in [-0.25, -0.2) is 8.42 Å². The summed E-state index contributed by atoms with van der Waals surface area (Å²) in [6, 6.07) is -0.991. The second-order valence-corrected chi connectivity index (χ2v) is 26.7. The minimum Gasteiger partial charge on any atom is -0.374 e. The molecular formula is C51H76F6N2O8S. The van der Waals surface area contributed by atoms with Crippen molar-refractivity contribution in [2.24, 2.45) is 82.3 Å². The quantitative estimate of drug-likeness (QED) is 0.165. The number of ether oxygens (including phenoxy) is 2. The summed E-state index contributed by atoms with van der Waals surface area (Å²) in [5, 5.41) is -1.79. The Bertz CT molecular complexity index is 2010. The van der Waals surface area contributed by atoms with Gasteiger partial charge in [0.1, 0.15) is 0 Å². The molecule has 8 aliphatic rings. The number of rotatable bonds is 9. The Balaban J connectivity index is 0.870. The van der Waals surface area contributed by atoms with Crippen LogP contribution in [0.5, 0.6) is 0 Å². The number of nitrogens with zero attached hydrogens (tertiary/aromatic N) is 2. The number of hydrogen-bond donors (Lipinski definition) is 0. The Kier molecular flexibility index (Phi) is 14.5. The van der Waals surface area contributed by atoms with Gasteiger partial charge >= 0.3 is 12.4 Å². The number of hydrogen-bond acceptors (Lipinski definition) is 8. The molecule has 16 unspecified atom stereocenters. The molecule has 0 radical (unpaired) electrons. The molecule has 2 saturated heterocycles. The Morgan fingerprint density at radius 1 is 0.500 bits per heavy atom. The number of fused-ring (bicyclic) bond motifs is 2. The molecule has 0 N–H and O–H groups in total. The third kappa shape index (κ3) is 9.59. The Hall–Kier alpha value is -2.27. The molecule has 386 valence electrons. The van der Waals surface area contributed by atoms with Crippen LogP contribution in [0.2, 0.25) is 0 Å². The topological polar surface area (TPSA) is 127 Å². The van der Waals surface area contributed by atoms with E-state index in [0.717, 1.165) is 41.9 Å². The van der Waals surface area contributed by atoms with Crippen molar-refractivity contribution in [3.05, 3.63) is 0 Å². The van der Waals surface area contributed by atoms with Crippen molar-refractivity contribution >= 4 is 33.5 Å². The molecule has 0 aromatic rings. The third-order valence-corrected chi connectivity index (χ3v) is 22.3. The standard InChI is InChI=1S/C51H76F6N2O8S/c1-25-9-15-41(39(17-25)50(52,53)54)66-43-26(2)18-30(19-27(43)3)49(6,7)31-20-28(4)44(29(5)21-31)67-42-16-10-32(22-40(42)51(55,56)57)59-47(62)36-14-12-34(24-38(36)48(59)63)68(64,65)33-11-13-35-37(23-33)46(61)58(8)45(35)60/h25-44H,9-24H2,1-8H3. The van der Waals surface area contributed by atoms with Gasteiger partial charge in [-0.1, -0.05) is 48.5 Å². The summed E-state index contributed by atoms with van der Waals surface area (Å²) >= 11 is 0. The average molecular weight is 991 g/mol. The lowest BCUT2D eigenvalue weighted by Crippen LogP contribution is -2.52. The zero-order chi connectivity index (χ0) is 49.7. The molecule has 8 fully saturated rings. The number of carbonyl (C=O) groups excluding carboxylic acids is 4. The highest BCUT2D eigenvalue weighted by Crippen LogP contribution is 2.55. The van der Waals surface area contributed by atoms with E-state index >= 15 is 13.2 Å². The maximum atomic E-state index is 15.1. The van der Waals surface area contributed by atoms with E-state index in [2.05, 4.69) is 27.7 Å². The SMILES string of the molecule is CC1CCC(OC2C(C)CC(C(C)(C)C3CC(C)C(OC4CCC(N5C(=O)C6CCC(S(=O)(=O)C7CCC8C(=O)N(C)C(=O)C8C7)CC6C5=O)CC4C(F)(F)F)C(C)C3)CC2C)C(C(F)(F)F)C1. The fourth-order valence-corrected chi connectivity index (χ4v) is 18.0. The van der Waals surface area contributed by atoms with Gasteiger partial charge in [-0.2, -0.15) is 26.3 Å². The van der Waals surface area contributed by atoms with Crippen molar-refractivity contribution in [2.75, 3.05) is 7.05 Å². The lowest BCUT2D eigenvalue weighted by atomic mass is 9.55. The summed E-state index contributed by atoms with van der Waals surface area (Å²) in [5.41, 5.74) is -0.146. The minimum absolute atomic E-state index is 0.00798. The van der Waals surface area contributed by atoms with Gasteiger partial charge in [0.25, 0.3) is 0 Å². The maximum Gasteiger partial charge on any atom is 0.394 e. The van der Waals surface area contributed by atoms with Crippen LogP contribution in [0.4, 0.5) is 26.3 Å². The van der Waals surface area contributed by atoms with Crippen LogP contribution in [0.3, 0.4) is 0 Å². The monoisotopic (exact) mass is 991 g/mol. The first kappa shape index (κ1) is 52.1. The van der Waals surface area contributed by atoms with Crippen molar-refractivity contribution in [3.8, 4) is 0 Å². The van der Waals surface area contributed by atoms with E-state index in [9.17, 15) is 40.8 Å². The van der Waals surface area contributed by atoms with Crippen molar-refractivity contribution in [2.45, 2.75) is 205 Å². The van der Waals surface area contributed by atoms with Crippen LogP contribution in [0.1, 0.15) is 151 Å². The lowest BCUT2D eigenvalue weighted by molar-refractivity contribution is -0.239. The predicted molar refractivity (Wildman–Crippen MR) is 241 cm³/mol. The van der Waals surface area contributed by atoms with Gasteiger partial charge in [-0.3, -0.25) is 29.0 Å². The predicted octanol–water partition coefficient (Wildman–Crippen LogP) is 9.97. The molecule has 4 amide bonds. The van der Waals surface area contributed by atoms with Crippen molar-refractivity contribution in [3.63, 3.8) is 0 Å². The Morgan fingerprint density at radius 2 is 0.897 bits per heavy atom. The highest BCUT2D eigenvalue weighted by Gasteiger charge is 2.59. The number of sulfone groups is 1. The van der Waals surface area contributed by atoms with Crippen molar-refractivity contribution in [1.82, 2.24) is 9.80 Å². The van der Waals surface area contributed by atoms with E-state index in [0.29, 0.717) is 6.42 Å². The second kappa shape index (κ2) is 19.0. The maximum absolute atomic E-state index is 15.1. The van der Waals surface area contributed by atoms with Gasteiger partial charge in [0, 0.05) is 13.1 Å². The zero-order valence-corrected chi connectivity index (χ0v) is 42.0. The van der Waals surface area contributed by atoms with E-state index in [1.54, 1.807) is 0 Å². The van der Waals surface area contributed by atoms with Gasteiger partial charge in [-0.05, 0) is 150 Å². The minimum atomic E-state index is -4.66. The van der Waals surface area contributed by atoms with Crippen LogP contribution in [-0.4, -0.2) is 102 Å². The second-order valence-electron chi connectivity index (χ2n) is 24.2. The highest BCUT2D eigenvalue weighted by molar-refractivity contribution is 7.92. The smallest absolute Gasteiger partial charge is 0.374 e. The van der Waals surface area contributed by atoms with E-state index in [1.165, 1.54) is 7.05 Å².